The van der Waals surface area contributed by atoms with Crippen LogP contribution in [0, 0.1) is 13.8 Å². The second-order valence-electron chi connectivity index (χ2n) is 6.77. The van der Waals surface area contributed by atoms with E-state index >= 15 is 0 Å². The van der Waals surface area contributed by atoms with Crippen molar-refractivity contribution in [2.45, 2.75) is 51.4 Å². The molecule has 0 bridgehead atoms. The predicted octanol–water partition coefficient (Wildman–Crippen LogP) is 5.62. The van der Waals surface area contributed by atoms with E-state index in [0.29, 0.717) is 10.8 Å². The molecule has 2 N–H and O–H groups in total. The lowest BCUT2D eigenvalue weighted by Crippen LogP contribution is -2.30. The topological polar surface area (TPSA) is 40.5 Å². The Labute approximate surface area is 142 Å². The first-order valence-electron chi connectivity index (χ1n) is 8.24. The van der Waals surface area contributed by atoms with Gasteiger partial charge >= 0.3 is 0 Å². The van der Waals surface area contributed by atoms with Crippen molar-refractivity contribution in [2.75, 3.05) is 0 Å². The minimum absolute atomic E-state index is 0.0845. The molecule has 1 aliphatic carbocycles. The van der Waals surface area contributed by atoms with Crippen LogP contribution in [0.4, 0.5) is 0 Å². The fourth-order valence-electron chi connectivity index (χ4n) is 3.87. The maximum atomic E-state index is 10.00. The van der Waals surface area contributed by atoms with Crippen LogP contribution in [0.1, 0.15) is 54.4 Å². The zero-order valence-electron chi connectivity index (χ0n) is 13.7. The van der Waals surface area contributed by atoms with E-state index in [1.807, 2.05) is 26.0 Å². The Kier molecular flexibility index (Phi) is 4.29. The van der Waals surface area contributed by atoms with E-state index in [2.05, 4.69) is 12.1 Å². The number of hydrogen-bond donors (Lipinski definition) is 2. The first kappa shape index (κ1) is 16.2. The summed E-state index contributed by atoms with van der Waals surface area (Å²) in [6, 6.07) is 9.89. The molecule has 2 aromatic carbocycles. The zero-order valence-corrected chi connectivity index (χ0v) is 14.5. The van der Waals surface area contributed by atoms with E-state index in [1.165, 1.54) is 30.4 Å². The van der Waals surface area contributed by atoms with E-state index in [-0.39, 0.29) is 11.2 Å². The van der Waals surface area contributed by atoms with Crippen LogP contribution in [0.25, 0.3) is 0 Å². The average Bonchev–Trinajstić information content (AvgIpc) is 2.55. The second kappa shape index (κ2) is 6.09. The molecule has 0 atom stereocenters. The summed E-state index contributed by atoms with van der Waals surface area (Å²) in [6.07, 6.45) is 5.74. The SMILES string of the molecule is Cc1cc(C2(c3cc(C)c(O)c(Cl)c3)CCCCC2)ccc1O. The Morgan fingerprint density at radius 3 is 2.13 bits per heavy atom. The summed E-state index contributed by atoms with van der Waals surface area (Å²) >= 11 is 6.25. The van der Waals surface area contributed by atoms with E-state index < -0.39 is 0 Å². The number of phenols is 2. The van der Waals surface area contributed by atoms with Crippen LogP contribution in [0.5, 0.6) is 11.5 Å². The number of benzene rings is 2. The molecule has 0 spiro atoms. The fraction of sp³-hybridized carbons (Fsp3) is 0.400. The fourth-order valence-corrected chi connectivity index (χ4v) is 4.13. The molecular weight excluding hydrogens is 308 g/mol. The Morgan fingerprint density at radius 2 is 1.52 bits per heavy atom. The van der Waals surface area contributed by atoms with E-state index in [1.54, 1.807) is 6.07 Å². The number of rotatable bonds is 2. The predicted molar refractivity (Wildman–Crippen MR) is 94.6 cm³/mol. The molecule has 2 aromatic rings. The molecule has 0 aliphatic heterocycles. The molecule has 3 rings (SSSR count). The first-order chi connectivity index (χ1) is 10.9. The highest BCUT2D eigenvalue weighted by atomic mass is 35.5. The Balaban J connectivity index is 2.19. The highest BCUT2D eigenvalue weighted by Gasteiger charge is 2.36. The number of aryl methyl sites for hydroxylation is 2. The highest BCUT2D eigenvalue weighted by molar-refractivity contribution is 6.32. The van der Waals surface area contributed by atoms with E-state index in [9.17, 15) is 10.2 Å². The Hall–Kier alpha value is -1.67. The minimum Gasteiger partial charge on any atom is -0.508 e. The van der Waals surface area contributed by atoms with Crippen LogP contribution in [0.2, 0.25) is 5.02 Å². The van der Waals surface area contributed by atoms with Crippen LogP contribution < -0.4 is 0 Å². The van der Waals surface area contributed by atoms with Gasteiger partial charge in [0.05, 0.1) is 5.02 Å². The normalized spacial score (nSPS) is 17.2. The summed E-state index contributed by atoms with van der Waals surface area (Å²) in [5.74, 6) is 0.503. The largest absolute Gasteiger partial charge is 0.508 e. The maximum absolute atomic E-state index is 10.00. The minimum atomic E-state index is -0.0845. The third kappa shape index (κ3) is 2.81. The summed E-state index contributed by atoms with van der Waals surface area (Å²) in [5.41, 5.74) is 4.02. The Morgan fingerprint density at radius 1 is 0.870 bits per heavy atom. The lowest BCUT2D eigenvalue weighted by atomic mass is 9.65. The van der Waals surface area contributed by atoms with Crippen molar-refractivity contribution in [2.24, 2.45) is 0 Å². The summed E-state index contributed by atoms with van der Waals surface area (Å²) in [7, 11) is 0. The van der Waals surface area contributed by atoms with Gasteiger partial charge in [0.25, 0.3) is 0 Å². The molecule has 2 nitrogen and oxygen atoms in total. The van der Waals surface area contributed by atoms with Gasteiger partial charge in [-0.25, -0.2) is 0 Å². The van der Waals surface area contributed by atoms with Gasteiger partial charge in [0.2, 0.25) is 0 Å². The van der Waals surface area contributed by atoms with Gasteiger partial charge in [-0.1, -0.05) is 49.1 Å². The Bertz CT molecular complexity index is 707. The van der Waals surface area contributed by atoms with E-state index in [0.717, 1.165) is 24.0 Å². The van der Waals surface area contributed by atoms with Crippen molar-refractivity contribution in [3.05, 3.63) is 57.6 Å². The van der Waals surface area contributed by atoms with Crippen molar-refractivity contribution >= 4 is 11.6 Å². The third-order valence-corrected chi connectivity index (χ3v) is 5.55. The molecule has 1 saturated carbocycles. The van der Waals surface area contributed by atoms with Crippen LogP contribution in [-0.4, -0.2) is 10.2 Å². The number of hydrogen-bond acceptors (Lipinski definition) is 2. The second-order valence-corrected chi connectivity index (χ2v) is 7.17. The molecule has 0 unspecified atom stereocenters. The highest BCUT2D eigenvalue weighted by Crippen LogP contribution is 2.47. The first-order valence-corrected chi connectivity index (χ1v) is 8.61. The number of phenolic OH excluding ortho intramolecular Hbond substituents is 2. The lowest BCUT2D eigenvalue weighted by molar-refractivity contribution is 0.344. The quantitative estimate of drug-likeness (QED) is 0.750. The van der Waals surface area contributed by atoms with Crippen molar-refractivity contribution in [1.82, 2.24) is 0 Å². The third-order valence-electron chi connectivity index (χ3n) is 5.26. The summed E-state index contributed by atoms with van der Waals surface area (Å²) in [5, 5.41) is 20.3. The summed E-state index contributed by atoms with van der Waals surface area (Å²) < 4.78 is 0. The van der Waals surface area contributed by atoms with Crippen molar-refractivity contribution in [3.8, 4) is 11.5 Å². The van der Waals surface area contributed by atoms with Crippen LogP contribution in [0.15, 0.2) is 30.3 Å². The summed E-state index contributed by atoms with van der Waals surface area (Å²) in [4.78, 5) is 0. The molecule has 1 fully saturated rings. The van der Waals surface area contributed by atoms with Crippen LogP contribution in [-0.2, 0) is 5.41 Å². The van der Waals surface area contributed by atoms with Crippen LogP contribution >= 0.6 is 11.6 Å². The summed E-state index contributed by atoms with van der Waals surface area (Å²) in [6.45, 7) is 3.83. The molecule has 3 heteroatoms. The molecule has 0 saturated heterocycles. The van der Waals surface area contributed by atoms with Crippen molar-refractivity contribution < 1.29 is 10.2 Å². The van der Waals surface area contributed by atoms with Gasteiger partial charge in [-0.15, -0.1) is 0 Å². The van der Waals surface area contributed by atoms with Gasteiger partial charge in [0, 0.05) is 5.41 Å². The van der Waals surface area contributed by atoms with Gasteiger partial charge < -0.3 is 10.2 Å². The van der Waals surface area contributed by atoms with Crippen molar-refractivity contribution in [1.29, 1.82) is 0 Å². The molecule has 0 heterocycles. The molecule has 0 radical (unpaired) electrons. The van der Waals surface area contributed by atoms with Gasteiger partial charge in [0.15, 0.2) is 0 Å². The van der Waals surface area contributed by atoms with Gasteiger partial charge in [-0.2, -0.15) is 0 Å². The molecule has 122 valence electrons. The van der Waals surface area contributed by atoms with Gasteiger partial charge in [-0.3, -0.25) is 0 Å². The standard InChI is InChI=1S/C20H23ClO2/c1-13-10-15(6-7-18(13)22)20(8-4-3-5-9-20)16-11-14(2)19(23)17(21)12-16/h6-7,10-12,22-23H,3-5,8-9H2,1-2H3. The molecule has 0 amide bonds. The molecule has 1 aliphatic rings. The number of halogens is 1. The number of aromatic hydroxyl groups is 2. The maximum Gasteiger partial charge on any atom is 0.137 e. The smallest absolute Gasteiger partial charge is 0.137 e. The molecule has 0 aromatic heterocycles. The van der Waals surface area contributed by atoms with Gasteiger partial charge in [0.1, 0.15) is 11.5 Å². The monoisotopic (exact) mass is 330 g/mol. The molecule has 23 heavy (non-hydrogen) atoms. The lowest BCUT2D eigenvalue weighted by Gasteiger charge is -2.39. The molecular formula is C20H23ClO2. The van der Waals surface area contributed by atoms with Gasteiger partial charge in [-0.05, 0) is 61.1 Å². The zero-order chi connectivity index (χ0) is 16.6. The van der Waals surface area contributed by atoms with Crippen molar-refractivity contribution in [3.63, 3.8) is 0 Å². The van der Waals surface area contributed by atoms with Crippen LogP contribution in [0.3, 0.4) is 0 Å². The average molecular weight is 331 g/mol. The van der Waals surface area contributed by atoms with E-state index in [4.69, 9.17) is 11.6 Å².